The first kappa shape index (κ1) is 19.1. The lowest BCUT2D eigenvalue weighted by Gasteiger charge is -2.37. The molecule has 2 atom stereocenters. The Balaban J connectivity index is 1.47. The SMILES string of the molecule is CC1CN(c2ccc(NC(=O)Nc3cccc4cccnc34)cc2F)CC(C)O1. The summed E-state index contributed by atoms with van der Waals surface area (Å²) in [5, 5.41) is 6.39. The molecule has 0 bridgehead atoms. The van der Waals surface area contributed by atoms with Crippen LogP contribution in [0.5, 0.6) is 0 Å². The number of urea groups is 1. The van der Waals surface area contributed by atoms with Crippen LogP contribution in [0.3, 0.4) is 0 Å². The van der Waals surface area contributed by atoms with E-state index in [1.807, 2.05) is 43.0 Å². The molecular formula is C22H23FN4O2. The number of hydrogen-bond donors (Lipinski definition) is 2. The van der Waals surface area contributed by atoms with E-state index in [0.717, 1.165) is 5.39 Å². The number of carbonyl (C=O) groups excluding carboxylic acids is 1. The second kappa shape index (κ2) is 8.05. The molecule has 1 aliphatic rings. The normalized spacial score (nSPS) is 19.2. The second-order valence-corrected chi connectivity index (χ2v) is 7.29. The summed E-state index contributed by atoms with van der Waals surface area (Å²) in [5.41, 5.74) is 2.18. The zero-order chi connectivity index (χ0) is 20.4. The molecule has 1 aromatic heterocycles. The highest BCUT2D eigenvalue weighted by molar-refractivity contribution is 6.05. The van der Waals surface area contributed by atoms with Crippen molar-refractivity contribution in [1.29, 1.82) is 0 Å². The zero-order valence-corrected chi connectivity index (χ0v) is 16.4. The number of morpholine rings is 1. The Kier molecular flexibility index (Phi) is 5.31. The van der Waals surface area contributed by atoms with Crippen molar-refractivity contribution in [2.45, 2.75) is 26.1 Å². The number of pyridine rings is 1. The average Bonchev–Trinajstić information content (AvgIpc) is 2.67. The topological polar surface area (TPSA) is 66.5 Å². The van der Waals surface area contributed by atoms with Crippen LogP contribution in [0.25, 0.3) is 10.9 Å². The van der Waals surface area contributed by atoms with E-state index < -0.39 is 6.03 Å². The number of ether oxygens (including phenoxy) is 1. The van der Waals surface area contributed by atoms with Crippen molar-refractivity contribution in [2.24, 2.45) is 0 Å². The minimum atomic E-state index is -0.455. The summed E-state index contributed by atoms with van der Waals surface area (Å²) < 4.78 is 20.4. The summed E-state index contributed by atoms with van der Waals surface area (Å²) in [6.45, 7) is 5.21. The van der Waals surface area contributed by atoms with E-state index in [0.29, 0.717) is 35.7 Å². The van der Waals surface area contributed by atoms with Gasteiger partial charge in [-0.1, -0.05) is 18.2 Å². The molecule has 2 amide bonds. The number of carbonyl (C=O) groups is 1. The van der Waals surface area contributed by atoms with Gasteiger partial charge in [-0.25, -0.2) is 9.18 Å². The molecule has 150 valence electrons. The molecule has 2 unspecified atom stereocenters. The number of rotatable bonds is 3. The molecule has 0 saturated carbocycles. The lowest BCUT2D eigenvalue weighted by atomic mass is 10.2. The van der Waals surface area contributed by atoms with Gasteiger partial charge in [0.1, 0.15) is 5.82 Å². The Hall–Kier alpha value is -3.19. The summed E-state index contributed by atoms with van der Waals surface area (Å²) in [4.78, 5) is 18.7. The van der Waals surface area contributed by atoms with Crippen LogP contribution in [0.15, 0.2) is 54.7 Å². The van der Waals surface area contributed by atoms with E-state index in [1.54, 1.807) is 24.4 Å². The highest BCUT2D eigenvalue weighted by atomic mass is 19.1. The van der Waals surface area contributed by atoms with E-state index >= 15 is 0 Å². The summed E-state index contributed by atoms with van der Waals surface area (Å²) in [6, 6.07) is 13.6. The fourth-order valence-corrected chi connectivity index (χ4v) is 3.71. The maximum atomic E-state index is 14.7. The van der Waals surface area contributed by atoms with Crippen molar-refractivity contribution in [1.82, 2.24) is 4.98 Å². The third-order valence-corrected chi connectivity index (χ3v) is 4.85. The summed E-state index contributed by atoms with van der Waals surface area (Å²) in [5.74, 6) is -0.379. The van der Waals surface area contributed by atoms with E-state index in [-0.39, 0.29) is 18.0 Å². The molecule has 7 heteroatoms. The largest absolute Gasteiger partial charge is 0.372 e. The molecule has 2 heterocycles. The molecule has 6 nitrogen and oxygen atoms in total. The van der Waals surface area contributed by atoms with Crippen LogP contribution >= 0.6 is 0 Å². The minimum Gasteiger partial charge on any atom is -0.372 e. The predicted molar refractivity (Wildman–Crippen MR) is 113 cm³/mol. The highest BCUT2D eigenvalue weighted by Crippen LogP contribution is 2.26. The van der Waals surface area contributed by atoms with Gasteiger partial charge in [0.05, 0.1) is 29.1 Å². The number of amides is 2. The van der Waals surface area contributed by atoms with Gasteiger partial charge in [-0.3, -0.25) is 4.98 Å². The Bertz CT molecular complexity index is 1030. The van der Waals surface area contributed by atoms with Gasteiger partial charge in [0.2, 0.25) is 0 Å². The Morgan fingerprint density at radius 1 is 1.10 bits per heavy atom. The predicted octanol–water partition coefficient (Wildman–Crippen LogP) is 4.63. The molecule has 4 rings (SSSR count). The molecule has 0 aliphatic carbocycles. The fraction of sp³-hybridized carbons (Fsp3) is 0.273. The Labute approximate surface area is 168 Å². The van der Waals surface area contributed by atoms with Crippen LogP contribution in [0, 0.1) is 5.82 Å². The lowest BCUT2D eigenvalue weighted by Crippen LogP contribution is -2.45. The van der Waals surface area contributed by atoms with Gasteiger partial charge in [0, 0.05) is 30.4 Å². The molecule has 1 saturated heterocycles. The van der Waals surface area contributed by atoms with Crippen molar-refractivity contribution >= 4 is 34.0 Å². The lowest BCUT2D eigenvalue weighted by molar-refractivity contribution is -0.00539. The first-order valence-electron chi connectivity index (χ1n) is 9.61. The van der Waals surface area contributed by atoms with E-state index in [1.165, 1.54) is 6.07 Å². The number of fused-ring (bicyclic) bond motifs is 1. The zero-order valence-electron chi connectivity index (χ0n) is 16.4. The van der Waals surface area contributed by atoms with Crippen LogP contribution in [0.2, 0.25) is 0 Å². The number of para-hydroxylation sites is 1. The van der Waals surface area contributed by atoms with Crippen LogP contribution in [-0.4, -0.2) is 36.3 Å². The molecular weight excluding hydrogens is 371 g/mol. The maximum absolute atomic E-state index is 14.7. The Morgan fingerprint density at radius 3 is 2.62 bits per heavy atom. The monoisotopic (exact) mass is 394 g/mol. The molecule has 0 radical (unpaired) electrons. The van der Waals surface area contributed by atoms with Gasteiger partial charge in [0.25, 0.3) is 0 Å². The number of nitrogens with one attached hydrogen (secondary N) is 2. The van der Waals surface area contributed by atoms with Gasteiger partial charge in [-0.2, -0.15) is 0 Å². The molecule has 29 heavy (non-hydrogen) atoms. The van der Waals surface area contributed by atoms with Gasteiger partial charge in [-0.15, -0.1) is 0 Å². The molecule has 0 spiro atoms. The van der Waals surface area contributed by atoms with E-state index in [9.17, 15) is 9.18 Å². The number of nitrogens with zero attached hydrogens (tertiary/aromatic N) is 2. The van der Waals surface area contributed by atoms with Crippen LogP contribution in [0.4, 0.5) is 26.2 Å². The molecule has 1 fully saturated rings. The van der Waals surface area contributed by atoms with Crippen molar-refractivity contribution in [3.8, 4) is 0 Å². The third kappa shape index (κ3) is 4.30. The van der Waals surface area contributed by atoms with Crippen molar-refractivity contribution < 1.29 is 13.9 Å². The van der Waals surface area contributed by atoms with Crippen molar-refractivity contribution in [3.63, 3.8) is 0 Å². The number of hydrogen-bond acceptors (Lipinski definition) is 4. The van der Waals surface area contributed by atoms with Crippen molar-refractivity contribution in [3.05, 3.63) is 60.5 Å². The number of benzene rings is 2. The molecule has 2 aromatic carbocycles. The average molecular weight is 394 g/mol. The van der Waals surface area contributed by atoms with Crippen LogP contribution in [0.1, 0.15) is 13.8 Å². The standard InChI is InChI=1S/C22H23FN4O2/c1-14-12-27(13-15(2)29-14)20-9-8-17(11-18(20)23)25-22(28)26-19-7-3-5-16-6-4-10-24-21(16)19/h3-11,14-15H,12-13H2,1-2H3,(H2,25,26,28). The quantitative estimate of drug-likeness (QED) is 0.680. The molecule has 3 aromatic rings. The van der Waals surface area contributed by atoms with Crippen molar-refractivity contribution in [2.75, 3.05) is 28.6 Å². The first-order chi connectivity index (χ1) is 14.0. The molecule has 2 N–H and O–H groups in total. The van der Waals surface area contributed by atoms with Gasteiger partial charge in [0.15, 0.2) is 0 Å². The summed E-state index contributed by atoms with van der Waals surface area (Å²) in [7, 11) is 0. The van der Waals surface area contributed by atoms with Gasteiger partial charge < -0.3 is 20.3 Å². The number of halogens is 1. The Morgan fingerprint density at radius 2 is 1.86 bits per heavy atom. The molecule has 1 aliphatic heterocycles. The summed E-state index contributed by atoms with van der Waals surface area (Å²) >= 11 is 0. The summed E-state index contributed by atoms with van der Waals surface area (Å²) in [6.07, 6.45) is 1.75. The van der Waals surface area contributed by atoms with Gasteiger partial charge in [-0.05, 0) is 44.2 Å². The number of aromatic nitrogens is 1. The number of anilines is 3. The fourth-order valence-electron chi connectivity index (χ4n) is 3.71. The minimum absolute atomic E-state index is 0.0380. The van der Waals surface area contributed by atoms with E-state index in [4.69, 9.17) is 4.74 Å². The van der Waals surface area contributed by atoms with Gasteiger partial charge >= 0.3 is 6.03 Å². The third-order valence-electron chi connectivity index (χ3n) is 4.85. The maximum Gasteiger partial charge on any atom is 0.323 e. The highest BCUT2D eigenvalue weighted by Gasteiger charge is 2.24. The first-order valence-corrected chi connectivity index (χ1v) is 9.61. The smallest absolute Gasteiger partial charge is 0.323 e. The van der Waals surface area contributed by atoms with E-state index in [2.05, 4.69) is 15.6 Å². The second-order valence-electron chi connectivity index (χ2n) is 7.29. The van der Waals surface area contributed by atoms with Crippen LogP contribution in [-0.2, 0) is 4.74 Å². The van der Waals surface area contributed by atoms with Crippen LogP contribution < -0.4 is 15.5 Å².